The smallest absolute Gasteiger partial charge is 0.159 e. The first-order chi connectivity index (χ1) is 11.8. The number of ether oxygens (including phenoxy) is 1. The number of fused-ring (bicyclic) bond motifs is 1. The van der Waals surface area contributed by atoms with Crippen LogP contribution in [0, 0.1) is 0 Å². The highest BCUT2D eigenvalue weighted by Crippen LogP contribution is 2.26. The van der Waals surface area contributed by atoms with Gasteiger partial charge in [-0.05, 0) is 36.2 Å². The minimum Gasteiger partial charge on any atom is -0.379 e. The molecule has 1 aliphatic heterocycles. The molecule has 3 heterocycles. The maximum atomic E-state index is 6.07. The molecule has 0 amide bonds. The number of rotatable bonds is 4. The van der Waals surface area contributed by atoms with E-state index in [9.17, 15) is 0 Å². The lowest BCUT2D eigenvalue weighted by atomic mass is 10.3. The van der Waals surface area contributed by atoms with Crippen LogP contribution in [0.2, 0.25) is 5.15 Å². The number of hydrogen-bond acceptors (Lipinski definition) is 6. The highest BCUT2D eigenvalue weighted by Gasteiger charge is 2.11. The summed E-state index contributed by atoms with van der Waals surface area (Å²) in [5.41, 5.74) is 1.69. The zero-order chi connectivity index (χ0) is 16.4. The van der Waals surface area contributed by atoms with Crippen molar-refractivity contribution in [1.29, 1.82) is 0 Å². The van der Waals surface area contributed by atoms with Gasteiger partial charge < -0.3 is 10.1 Å². The second-order valence-corrected chi connectivity index (χ2v) is 6.90. The van der Waals surface area contributed by atoms with Gasteiger partial charge in [0, 0.05) is 35.8 Å². The second-order valence-electron chi connectivity index (χ2n) is 5.35. The first-order valence-corrected chi connectivity index (χ1v) is 8.81. The van der Waals surface area contributed by atoms with E-state index in [1.165, 1.54) is 4.90 Å². The van der Waals surface area contributed by atoms with Gasteiger partial charge in [-0.2, -0.15) is 9.61 Å². The van der Waals surface area contributed by atoms with Crippen molar-refractivity contribution < 1.29 is 4.74 Å². The van der Waals surface area contributed by atoms with Crippen LogP contribution in [0.3, 0.4) is 0 Å². The average Bonchev–Trinajstić information content (AvgIpc) is 3.06. The highest BCUT2D eigenvalue weighted by atomic mass is 35.5. The lowest BCUT2D eigenvalue weighted by Gasteiger charge is -2.25. The fourth-order valence-corrected chi connectivity index (χ4v) is 3.58. The van der Waals surface area contributed by atoms with Crippen LogP contribution < -0.4 is 5.32 Å². The second kappa shape index (κ2) is 6.98. The Balaban J connectivity index is 1.49. The summed E-state index contributed by atoms with van der Waals surface area (Å²) in [7, 11) is 0. The number of halogens is 1. The SMILES string of the molecule is Clc1cc(Nc2ccc(SN3CCOCC3)cc2)n2nccc2n1. The van der Waals surface area contributed by atoms with Gasteiger partial charge in [0.15, 0.2) is 5.65 Å². The van der Waals surface area contributed by atoms with E-state index in [0.29, 0.717) is 10.8 Å². The normalized spacial score (nSPS) is 15.7. The Morgan fingerprint density at radius 2 is 1.92 bits per heavy atom. The lowest BCUT2D eigenvalue weighted by molar-refractivity contribution is 0.0773. The number of aromatic nitrogens is 3. The third-order valence-electron chi connectivity index (χ3n) is 3.66. The predicted octanol–water partition coefficient (Wildman–Crippen LogP) is 3.47. The molecule has 4 rings (SSSR count). The first kappa shape index (κ1) is 15.7. The van der Waals surface area contributed by atoms with Crippen molar-refractivity contribution in [2.75, 3.05) is 31.6 Å². The molecule has 0 aliphatic carbocycles. The number of benzene rings is 1. The summed E-state index contributed by atoms with van der Waals surface area (Å²) in [6, 6.07) is 11.9. The van der Waals surface area contributed by atoms with Gasteiger partial charge >= 0.3 is 0 Å². The van der Waals surface area contributed by atoms with Crippen molar-refractivity contribution in [2.24, 2.45) is 0 Å². The predicted molar refractivity (Wildman–Crippen MR) is 96.0 cm³/mol. The quantitative estimate of drug-likeness (QED) is 0.567. The van der Waals surface area contributed by atoms with E-state index < -0.39 is 0 Å². The molecule has 2 aromatic heterocycles. The van der Waals surface area contributed by atoms with E-state index >= 15 is 0 Å². The van der Waals surface area contributed by atoms with Gasteiger partial charge in [-0.1, -0.05) is 11.6 Å². The van der Waals surface area contributed by atoms with E-state index in [-0.39, 0.29) is 0 Å². The molecule has 0 saturated carbocycles. The van der Waals surface area contributed by atoms with Gasteiger partial charge in [0.05, 0.1) is 19.4 Å². The van der Waals surface area contributed by atoms with Gasteiger partial charge in [0.1, 0.15) is 11.0 Å². The van der Waals surface area contributed by atoms with Gasteiger partial charge in [-0.15, -0.1) is 0 Å². The van der Waals surface area contributed by atoms with Gasteiger partial charge in [0.2, 0.25) is 0 Å². The Hall–Kier alpha value is -1.80. The molecule has 0 radical (unpaired) electrons. The Morgan fingerprint density at radius 3 is 2.71 bits per heavy atom. The van der Waals surface area contributed by atoms with Crippen LogP contribution in [-0.2, 0) is 4.74 Å². The zero-order valence-electron chi connectivity index (χ0n) is 12.9. The standard InChI is InChI=1S/C16H16ClN5OS/c17-14-11-16(22-15(20-14)5-6-18-22)19-12-1-3-13(4-2-12)24-21-7-9-23-10-8-21/h1-6,11,19H,7-10H2. The molecule has 6 nitrogen and oxygen atoms in total. The van der Waals surface area contributed by atoms with Crippen LogP contribution in [-0.4, -0.2) is 45.2 Å². The third kappa shape index (κ3) is 3.49. The first-order valence-electron chi connectivity index (χ1n) is 7.66. The number of hydrogen-bond donors (Lipinski definition) is 1. The van der Waals surface area contributed by atoms with Crippen molar-refractivity contribution in [3.05, 3.63) is 47.7 Å². The third-order valence-corrected chi connectivity index (χ3v) is 4.96. The van der Waals surface area contributed by atoms with Gasteiger partial charge in [-0.25, -0.2) is 9.29 Å². The van der Waals surface area contributed by atoms with Gasteiger partial charge in [0.25, 0.3) is 0 Å². The Kier molecular flexibility index (Phi) is 4.57. The van der Waals surface area contributed by atoms with Crippen molar-refractivity contribution in [2.45, 2.75) is 4.90 Å². The van der Waals surface area contributed by atoms with Crippen molar-refractivity contribution >= 4 is 40.7 Å². The average molecular weight is 362 g/mol. The van der Waals surface area contributed by atoms with Crippen LogP contribution in [0.15, 0.2) is 47.5 Å². The molecule has 1 aromatic carbocycles. The summed E-state index contributed by atoms with van der Waals surface area (Å²) < 4.78 is 9.42. The maximum absolute atomic E-state index is 6.07. The van der Waals surface area contributed by atoms with E-state index in [2.05, 4.69) is 31.8 Å². The van der Waals surface area contributed by atoms with Crippen molar-refractivity contribution in [1.82, 2.24) is 18.9 Å². The van der Waals surface area contributed by atoms with E-state index in [1.54, 1.807) is 28.7 Å². The largest absolute Gasteiger partial charge is 0.379 e. The number of anilines is 2. The molecule has 1 aliphatic rings. The van der Waals surface area contributed by atoms with Crippen LogP contribution in [0.1, 0.15) is 0 Å². The lowest BCUT2D eigenvalue weighted by Crippen LogP contribution is -2.30. The molecule has 0 unspecified atom stereocenters. The summed E-state index contributed by atoms with van der Waals surface area (Å²) in [6.07, 6.45) is 1.70. The van der Waals surface area contributed by atoms with E-state index in [1.807, 2.05) is 18.2 Å². The Labute approximate surface area is 148 Å². The van der Waals surface area contributed by atoms with Crippen LogP contribution in [0.5, 0.6) is 0 Å². The molecule has 0 spiro atoms. The molecule has 24 heavy (non-hydrogen) atoms. The molecule has 0 bridgehead atoms. The molecule has 1 N–H and O–H groups in total. The fourth-order valence-electron chi connectivity index (χ4n) is 2.51. The van der Waals surface area contributed by atoms with E-state index in [0.717, 1.165) is 37.8 Å². The van der Waals surface area contributed by atoms with Gasteiger partial charge in [-0.3, -0.25) is 0 Å². The molecule has 8 heteroatoms. The maximum Gasteiger partial charge on any atom is 0.159 e. The summed E-state index contributed by atoms with van der Waals surface area (Å²) in [4.78, 5) is 5.43. The monoisotopic (exact) mass is 361 g/mol. The van der Waals surface area contributed by atoms with Crippen molar-refractivity contribution in [3.8, 4) is 0 Å². The Bertz CT molecular complexity index is 832. The number of nitrogens with zero attached hydrogens (tertiary/aromatic N) is 4. The van der Waals surface area contributed by atoms with Crippen LogP contribution in [0.25, 0.3) is 5.65 Å². The van der Waals surface area contributed by atoms with E-state index in [4.69, 9.17) is 16.3 Å². The van der Waals surface area contributed by atoms with Crippen molar-refractivity contribution in [3.63, 3.8) is 0 Å². The zero-order valence-corrected chi connectivity index (χ0v) is 14.4. The summed E-state index contributed by atoms with van der Waals surface area (Å²) in [5, 5.41) is 8.03. The molecule has 1 fully saturated rings. The minimum absolute atomic E-state index is 0.435. The highest BCUT2D eigenvalue weighted by molar-refractivity contribution is 7.97. The molecule has 124 valence electrons. The summed E-state index contributed by atoms with van der Waals surface area (Å²) >= 11 is 7.83. The fraction of sp³-hybridized carbons (Fsp3) is 0.250. The molecule has 0 atom stereocenters. The molecular formula is C16H16ClN5OS. The number of morpholine rings is 1. The molecule has 3 aromatic rings. The topological polar surface area (TPSA) is 54.7 Å². The Morgan fingerprint density at radius 1 is 1.12 bits per heavy atom. The van der Waals surface area contributed by atoms with Crippen LogP contribution in [0.4, 0.5) is 11.5 Å². The van der Waals surface area contributed by atoms with Crippen LogP contribution >= 0.6 is 23.5 Å². The summed E-state index contributed by atoms with van der Waals surface area (Å²) in [5.74, 6) is 0.781. The number of nitrogens with one attached hydrogen (secondary N) is 1. The molecule has 1 saturated heterocycles. The minimum atomic E-state index is 0.435. The summed E-state index contributed by atoms with van der Waals surface area (Å²) in [6.45, 7) is 3.51. The molecular weight excluding hydrogens is 346 g/mol.